The number of rotatable bonds is 6. The summed E-state index contributed by atoms with van der Waals surface area (Å²) in [5, 5.41) is 27.6. The van der Waals surface area contributed by atoms with Crippen LogP contribution in [0.5, 0.6) is 0 Å². The number of H-pyrrole nitrogens is 1. The molecule has 13 heteroatoms. The lowest BCUT2D eigenvalue weighted by molar-refractivity contribution is -0.145. The third-order valence-corrected chi connectivity index (χ3v) is 9.25. The van der Waals surface area contributed by atoms with Crippen molar-refractivity contribution >= 4 is 38.4 Å². The van der Waals surface area contributed by atoms with Crippen LogP contribution in [-0.4, -0.2) is 57.8 Å². The molecule has 3 aromatic rings. The highest BCUT2D eigenvalue weighted by molar-refractivity contribution is 7.89. The molecule has 3 N–H and O–H groups in total. The third-order valence-electron chi connectivity index (χ3n) is 7.34. The minimum absolute atomic E-state index is 0.0455. The third kappa shape index (κ3) is 4.48. The number of aromatic nitrogens is 3. The summed E-state index contributed by atoms with van der Waals surface area (Å²) in [6.45, 7) is 5.84. The molecule has 5 rings (SSSR count). The van der Waals surface area contributed by atoms with Gasteiger partial charge in [-0.15, -0.1) is 0 Å². The van der Waals surface area contributed by atoms with Gasteiger partial charge in [0, 0.05) is 25.0 Å². The summed E-state index contributed by atoms with van der Waals surface area (Å²) in [4.78, 5) is 27.7. The Morgan fingerprint density at radius 2 is 2.13 bits per heavy atom. The van der Waals surface area contributed by atoms with E-state index in [9.17, 15) is 28.4 Å². The van der Waals surface area contributed by atoms with Gasteiger partial charge in [0.05, 0.1) is 35.0 Å². The van der Waals surface area contributed by atoms with Gasteiger partial charge in [-0.25, -0.2) is 8.42 Å². The lowest BCUT2D eigenvalue weighted by Crippen LogP contribution is -2.49. The maximum Gasteiger partial charge on any atom is 0.322 e. The van der Waals surface area contributed by atoms with E-state index in [2.05, 4.69) is 16.4 Å². The van der Waals surface area contributed by atoms with E-state index in [-0.39, 0.29) is 35.8 Å². The summed E-state index contributed by atoms with van der Waals surface area (Å²) in [5.41, 5.74) is -0.463. The van der Waals surface area contributed by atoms with E-state index < -0.39 is 33.0 Å². The second-order valence-electron chi connectivity index (χ2n) is 11.1. The van der Waals surface area contributed by atoms with Crippen LogP contribution in [0.2, 0.25) is 0 Å². The maximum absolute atomic E-state index is 13.3. The summed E-state index contributed by atoms with van der Waals surface area (Å²) in [5.74, 6) is -0.961. The topological polar surface area (TPSA) is 170 Å². The molecule has 0 bridgehead atoms. The van der Waals surface area contributed by atoms with Crippen LogP contribution in [0.3, 0.4) is 0 Å². The van der Waals surface area contributed by atoms with Crippen LogP contribution in [0.15, 0.2) is 40.2 Å². The van der Waals surface area contributed by atoms with Crippen molar-refractivity contribution in [3.63, 3.8) is 0 Å². The Morgan fingerprint density at radius 1 is 1.36 bits per heavy atom. The molecule has 1 aromatic carbocycles. The van der Waals surface area contributed by atoms with E-state index in [1.165, 1.54) is 12.3 Å². The SMILES string of the molecule is CC(C)(C)C(C(=O)O)N1Cc2cc(Nc3nn(C4(CC#N)CCCOC4)c4cc[nH]c(=O)c34)ccc2S1(=O)=O. The summed E-state index contributed by atoms with van der Waals surface area (Å²) < 4.78 is 35.0. The molecule has 0 spiro atoms. The van der Waals surface area contributed by atoms with Crippen molar-refractivity contribution in [2.75, 3.05) is 18.5 Å². The largest absolute Gasteiger partial charge is 0.480 e. The minimum Gasteiger partial charge on any atom is -0.480 e. The first kappa shape index (κ1) is 26.9. The van der Waals surface area contributed by atoms with Gasteiger partial charge in [0.1, 0.15) is 11.4 Å². The van der Waals surface area contributed by atoms with Gasteiger partial charge in [-0.05, 0) is 48.1 Å². The Bertz CT molecular complexity index is 1660. The molecule has 39 heavy (non-hydrogen) atoms. The first-order valence-corrected chi connectivity index (χ1v) is 14.0. The predicted molar refractivity (Wildman–Crippen MR) is 142 cm³/mol. The van der Waals surface area contributed by atoms with Gasteiger partial charge in [-0.1, -0.05) is 20.8 Å². The van der Waals surface area contributed by atoms with Crippen LogP contribution >= 0.6 is 0 Å². The van der Waals surface area contributed by atoms with Crippen LogP contribution in [0.1, 0.15) is 45.6 Å². The maximum atomic E-state index is 13.3. The molecule has 12 nitrogen and oxygen atoms in total. The molecule has 0 radical (unpaired) electrons. The standard InChI is InChI=1S/C26H30N6O6S/c1-25(2,3)21(24(34)35)31-14-16-13-17(5-6-19(16)39(31,36)37)29-22-20-18(7-11-28-23(20)33)32(30-22)26(9-10-27)8-4-12-38-15-26/h5-7,11,13,21H,4,8-9,12,14-15H2,1-3H3,(H,28,33)(H,29,30)(H,34,35). The van der Waals surface area contributed by atoms with E-state index >= 15 is 0 Å². The van der Waals surface area contributed by atoms with Gasteiger partial charge < -0.3 is 20.1 Å². The quantitative estimate of drug-likeness (QED) is 0.414. The smallest absolute Gasteiger partial charge is 0.322 e. The van der Waals surface area contributed by atoms with E-state index in [0.29, 0.717) is 35.2 Å². The van der Waals surface area contributed by atoms with Gasteiger partial charge in [0.15, 0.2) is 5.82 Å². The molecule has 4 heterocycles. The van der Waals surface area contributed by atoms with E-state index in [1.807, 2.05) is 0 Å². The fraction of sp³-hybridized carbons (Fsp3) is 0.462. The zero-order valence-electron chi connectivity index (χ0n) is 21.9. The van der Waals surface area contributed by atoms with Gasteiger partial charge >= 0.3 is 5.97 Å². The Morgan fingerprint density at radius 3 is 2.77 bits per heavy atom. The number of hydrogen-bond acceptors (Lipinski definition) is 8. The lowest BCUT2D eigenvalue weighted by atomic mass is 9.86. The number of hydrogen-bond donors (Lipinski definition) is 3. The van der Waals surface area contributed by atoms with E-state index in [4.69, 9.17) is 9.84 Å². The van der Waals surface area contributed by atoms with Gasteiger partial charge in [-0.2, -0.15) is 14.7 Å². The van der Waals surface area contributed by atoms with Crippen molar-refractivity contribution in [3.8, 4) is 6.07 Å². The second-order valence-corrected chi connectivity index (χ2v) is 13.0. The monoisotopic (exact) mass is 554 g/mol. The molecule has 0 amide bonds. The number of carboxylic acid groups (broad SMARTS) is 1. The number of nitrogens with zero attached hydrogens (tertiary/aromatic N) is 4. The molecular weight excluding hydrogens is 524 g/mol. The van der Waals surface area contributed by atoms with Crippen LogP contribution in [-0.2, 0) is 31.6 Å². The summed E-state index contributed by atoms with van der Waals surface area (Å²) in [7, 11) is -4.02. The number of nitrogens with one attached hydrogen (secondary N) is 2. The molecule has 0 saturated carbocycles. The van der Waals surface area contributed by atoms with Gasteiger partial charge in [0.2, 0.25) is 10.0 Å². The van der Waals surface area contributed by atoms with Crippen molar-refractivity contribution in [2.24, 2.45) is 5.41 Å². The number of carbonyl (C=O) groups is 1. The molecule has 206 valence electrons. The van der Waals surface area contributed by atoms with Gasteiger partial charge in [0.25, 0.3) is 5.56 Å². The average Bonchev–Trinajstić information content (AvgIpc) is 3.35. The molecule has 0 aliphatic carbocycles. The number of ether oxygens (including phenoxy) is 1. The van der Waals surface area contributed by atoms with Crippen LogP contribution in [0.25, 0.3) is 10.9 Å². The first-order valence-electron chi connectivity index (χ1n) is 12.6. The number of aliphatic carboxylic acids is 1. The van der Waals surface area contributed by atoms with Crippen molar-refractivity contribution in [1.29, 1.82) is 5.26 Å². The molecule has 2 atom stereocenters. The van der Waals surface area contributed by atoms with Crippen molar-refractivity contribution in [3.05, 3.63) is 46.4 Å². The van der Waals surface area contributed by atoms with Gasteiger partial charge in [-0.3, -0.25) is 14.3 Å². The number of nitriles is 1. The zero-order chi connectivity index (χ0) is 28.2. The molecular formula is C26H30N6O6S. The highest BCUT2D eigenvalue weighted by atomic mass is 32.2. The Hall–Kier alpha value is -3.73. The molecule has 2 aliphatic rings. The molecule has 1 saturated heterocycles. The van der Waals surface area contributed by atoms with E-state index in [1.54, 1.807) is 43.7 Å². The highest BCUT2D eigenvalue weighted by Gasteiger charge is 2.47. The summed E-state index contributed by atoms with van der Waals surface area (Å²) in [6.07, 6.45) is 3.09. The Balaban J connectivity index is 1.56. The molecule has 2 aromatic heterocycles. The van der Waals surface area contributed by atoms with Crippen molar-refractivity contribution in [2.45, 2.75) is 63.1 Å². The lowest BCUT2D eigenvalue weighted by Gasteiger charge is -2.35. The van der Waals surface area contributed by atoms with Crippen LogP contribution < -0.4 is 10.9 Å². The number of benzene rings is 1. The van der Waals surface area contributed by atoms with Crippen molar-refractivity contribution < 1.29 is 23.1 Å². The fourth-order valence-electron chi connectivity index (χ4n) is 5.60. The fourth-order valence-corrected chi connectivity index (χ4v) is 7.54. The number of fused-ring (bicyclic) bond motifs is 2. The normalized spacial score (nSPS) is 21.8. The molecule has 2 unspecified atom stereocenters. The highest BCUT2D eigenvalue weighted by Crippen LogP contribution is 2.40. The summed E-state index contributed by atoms with van der Waals surface area (Å²) >= 11 is 0. The number of anilines is 2. The molecule has 1 fully saturated rings. The average molecular weight is 555 g/mol. The minimum atomic E-state index is -4.02. The Labute approximate surface area is 225 Å². The van der Waals surface area contributed by atoms with Crippen molar-refractivity contribution in [1.82, 2.24) is 19.1 Å². The second kappa shape index (κ2) is 9.48. The summed E-state index contributed by atoms with van der Waals surface area (Å²) in [6, 6.07) is 7.34. The predicted octanol–water partition coefficient (Wildman–Crippen LogP) is 2.89. The zero-order valence-corrected chi connectivity index (χ0v) is 22.7. The first-order chi connectivity index (χ1) is 18.4. The van der Waals surface area contributed by atoms with E-state index in [0.717, 1.165) is 10.7 Å². The van der Waals surface area contributed by atoms with Crippen LogP contribution in [0, 0.1) is 16.7 Å². The number of carboxylic acids is 1. The van der Waals surface area contributed by atoms with Crippen LogP contribution in [0.4, 0.5) is 11.5 Å². The molecule has 2 aliphatic heterocycles. The number of aromatic amines is 1. The number of sulfonamides is 1. The number of pyridine rings is 1. The Kier molecular flexibility index (Phi) is 6.53.